The summed E-state index contributed by atoms with van der Waals surface area (Å²) in [6.45, 7) is 0. The van der Waals surface area contributed by atoms with E-state index in [2.05, 4.69) is 27.4 Å². The highest BCUT2D eigenvalue weighted by molar-refractivity contribution is 7.83. The van der Waals surface area contributed by atoms with Gasteiger partial charge in [-0.1, -0.05) is 24.3 Å². The van der Waals surface area contributed by atoms with Crippen LogP contribution in [0.1, 0.15) is 36.1 Å². The first-order valence-electron chi connectivity index (χ1n) is 10.8. The van der Waals surface area contributed by atoms with Crippen molar-refractivity contribution in [3.05, 3.63) is 54.0 Å². The van der Waals surface area contributed by atoms with Gasteiger partial charge in [-0.15, -0.1) is 0 Å². The Hall–Kier alpha value is -2.57. The third kappa shape index (κ3) is 3.89. The van der Waals surface area contributed by atoms with Crippen molar-refractivity contribution in [2.75, 3.05) is 19.5 Å². The molecule has 2 aliphatic rings. The predicted octanol–water partition coefficient (Wildman–Crippen LogP) is 1.95. The van der Waals surface area contributed by atoms with Gasteiger partial charge in [-0.2, -0.15) is 12.7 Å². The number of fused-ring (bicyclic) bond motifs is 2. The van der Waals surface area contributed by atoms with E-state index in [0.717, 1.165) is 16.1 Å². The van der Waals surface area contributed by atoms with Crippen molar-refractivity contribution in [2.24, 2.45) is 0 Å². The molecule has 0 saturated heterocycles. The third-order valence-corrected chi connectivity index (χ3v) is 7.98. The minimum absolute atomic E-state index is 0.0174. The quantitative estimate of drug-likeness (QED) is 0.463. The fraction of sp³-hybridized carbons (Fsp3) is 0.455. The van der Waals surface area contributed by atoms with Gasteiger partial charge in [0.2, 0.25) is 0 Å². The Morgan fingerprint density at radius 2 is 2.00 bits per heavy atom. The van der Waals surface area contributed by atoms with Crippen LogP contribution in [-0.2, 0) is 21.5 Å². The fourth-order valence-electron chi connectivity index (χ4n) is 5.23. The Bertz CT molecular complexity index is 1280. The Balaban J connectivity index is 1.44. The molecule has 0 spiro atoms. The molecule has 0 bridgehead atoms. The number of anilines is 1. The van der Waals surface area contributed by atoms with Crippen molar-refractivity contribution < 1.29 is 22.8 Å². The lowest BCUT2D eigenvalue weighted by Gasteiger charge is -2.23. The van der Waals surface area contributed by atoms with E-state index in [0.29, 0.717) is 24.3 Å². The number of benzene rings is 1. The number of hydrogen-bond donors (Lipinski definition) is 3. The maximum Gasteiger partial charge on any atom is 0.335 e. The van der Waals surface area contributed by atoms with Crippen molar-refractivity contribution in [3.8, 4) is 0 Å². The molecule has 1 saturated carbocycles. The molecule has 2 heterocycles. The maximum atomic E-state index is 11.5. The molecule has 5 rings (SSSR count). The average molecular weight is 474 g/mol. The number of aliphatic hydroxyl groups excluding tert-OH is 1. The van der Waals surface area contributed by atoms with Gasteiger partial charge in [0.05, 0.1) is 29.7 Å². The van der Waals surface area contributed by atoms with Crippen LogP contribution in [0.15, 0.2) is 42.9 Å². The number of aromatic nitrogens is 3. The Kier molecular flexibility index (Phi) is 5.61. The van der Waals surface area contributed by atoms with Gasteiger partial charge in [0.25, 0.3) is 0 Å². The van der Waals surface area contributed by atoms with E-state index >= 15 is 0 Å². The molecular weight excluding hydrogens is 446 g/mol. The zero-order valence-electron chi connectivity index (χ0n) is 18.4. The Labute approximate surface area is 192 Å². The van der Waals surface area contributed by atoms with Gasteiger partial charge in [-0.05, 0) is 30.0 Å². The van der Waals surface area contributed by atoms with E-state index in [1.165, 1.54) is 24.5 Å². The average Bonchev–Trinajstić information content (AvgIpc) is 3.48. The van der Waals surface area contributed by atoms with E-state index in [1.54, 1.807) is 7.11 Å². The van der Waals surface area contributed by atoms with Gasteiger partial charge >= 0.3 is 10.3 Å². The lowest BCUT2D eigenvalue weighted by atomic mass is 10.1. The fourth-order valence-corrected chi connectivity index (χ4v) is 5.80. The topological polar surface area (TPSA) is 130 Å². The summed E-state index contributed by atoms with van der Waals surface area (Å²) in [4.78, 5) is 8.95. The highest BCUT2D eigenvalue weighted by atomic mass is 32.2. The van der Waals surface area contributed by atoms with Crippen LogP contribution in [-0.4, -0.2) is 69.3 Å². The molecular formula is C22H27N5O5S. The van der Waals surface area contributed by atoms with Crippen LogP contribution >= 0.6 is 0 Å². The van der Waals surface area contributed by atoms with E-state index in [4.69, 9.17) is 4.74 Å². The molecule has 10 nitrogen and oxygen atoms in total. The minimum Gasteiger partial charge on any atom is -0.391 e. The number of likely N-dealkylation sites (N-methyl/N-ethyl adjacent to an activating group) is 1. The van der Waals surface area contributed by atoms with E-state index in [9.17, 15) is 18.1 Å². The molecule has 0 unspecified atom stereocenters. The molecule has 3 aromatic rings. The van der Waals surface area contributed by atoms with Crippen LogP contribution in [0.4, 0.5) is 5.82 Å². The molecule has 33 heavy (non-hydrogen) atoms. The lowest BCUT2D eigenvalue weighted by Crippen LogP contribution is -2.41. The second-order valence-electron chi connectivity index (χ2n) is 8.74. The molecule has 2 aromatic heterocycles. The monoisotopic (exact) mass is 473 g/mol. The van der Waals surface area contributed by atoms with Crippen LogP contribution in [0, 0.1) is 0 Å². The number of rotatable bonds is 6. The molecule has 11 heteroatoms. The highest BCUT2D eigenvalue weighted by Crippen LogP contribution is 2.39. The van der Waals surface area contributed by atoms with Crippen molar-refractivity contribution in [3.63, 3.8) is 0 Å². The number of methoxy groups -OCH3 is 1. The molecule has 0 radical (unpaired) electrons. The summed E-state index contributed by atoms with van der Waals surface area (Å²) in [7, 11) is -1.41. The summed E-state index contributed by atoms with van der Waals surface area (Å²) in [5.74, 6) is 0.688. The molecule has 1 aromatic carbocycles. The third-order valence-electron chi connectivity index (χ3n) is 6.98. The van der Waals surface area contributed by atoms with E-state index < -0.39 is 22.4 Å². The second kappa shape index (κ2) is 8.33. The standard InChI is InChI=1S/C22H27N5O5S/c1-26(33(29,30)31)17-10-14(11-18(17)28)27-8-7-16-21(23-12-24-22(16)27)25-20-15-6-4-3-5-13(15)9-19(20)32-2/h3-8,12,14,17-20,28H,9-11H2,1-2H3,(H,23,24,25)(H,29,30,31)/t14-,17+,18+,19-,20-/m1/s1. The zero-order chi connectivity index (χ0) is 23.3. The van der Waals surface area contributed by atoms with Gasteiger partial charge in [-0.25, -0.2) is 9.97 Å². The van der Waals surface area contributed by atoms with Crippen LogP contribution in [0.2, 0.25) is 0 Å². The highest BCUT2D eigenvalue weighted by Gasteiger charge is 2.40. The largest absolute Gasteiger partial charge is 0.391 e. The number of hydrogen-bond acceptors (Lipinski definition) is 7. The Morgan fingerprint density at radius 1 is 1.21 bits per heavy atom. The number of nitrogens with one attached hydrogen (secondary N) is 1. The minimum atomic E-state index is -4.39. The number of aliphatic hydroxyl groups is 1. The first-order valence-corrected chi connectivity index (χ1v) is 12.2. The zero-order valence-corrected chi connectivity index (χ0v) is 19.2. The first kappa shape index (κ1) is 22.2. The van der Waals surface area contributed by atoms with Crippen molar-refractivity contribution in [1.82, 2.24) is 18.8 Å². The first-order chi connectivity index (χ1) is 15.8. The smallest absolute Gasteiger partial charge is 0.335 e. The summed E-state index contributed by atoms with van der Waals surface area (Å²) < 4.78 is 41.0. The SMILES string of the molecule is CO[C@@H]1Cc2ccccc2[C@H]1Nc1ncnc2c1ccn2[C@H]1C[C@H](O)[C@@H](N(C)S(=O)(=O)O)C1. The van der Waals surface area contributed by atoms with Gasteiger partial charge in [-0.3, -0.25) is 4.55 Å². The second-order valence-corrected chi connectivity index (χ2v) is 10.2. The van der Waals surface area contributed by atoms with Crippen molar-refractivity contribution >= 4 is 27.2 Å². The summed E-state index contributed by atoms with van der Waals surface area (Å²) in [5, 5.41) is 14.8. The van der Waals surface area contributed by atoms with Gasteiger partial charge < -0.3 is 19.7 Å². The summed E-state index contributed by atoms with van der Waals surface area (Å²) in [6.07, 6.45) is 4.00. The van der Waals surface area contributed by atoms with E-state index in [-0.39, 0.29) is 18.2 Å². The molecule has 2 aliphatic carbocycles. The van der Waals surface area contributed by atoms with Gasteiger partial charge in [0, 0.05) is 32.8 Å². The van der Waals surface area contributed by atoms with Gasteiger partial charge in [0.1, 0.15) is 17.8 Å². The molecule has 1 fully saturated rings. The molecule has 176 valence electrons. The summed E-state index contributed by atoms with van der Waals surface area (Å²) in [5.41, 5.74) is 3.13. The lowest BCUT2D eigenvalue weighted by molar-refractivity contribution is 0.0960. The van der Waals surface area contributed by atoms with Crippen LogP contribution in [0.5, 0.6) is 0 Å². The van der Waals surface area contributed by atoms with Gasteiger partial charge in [0.15, 0.2) is 0 Å². The normalized spacial score (nSPS) is 27.4. The van der Waals surface area contributed by atoms with Crippen LogP contribution in [0.25, 0.3) is 11.0 Å². The number of nitrogens with zero attached hydrogens (tertiary/aromatic N) is 4. The van der Waals surface area contributed by atoms with Crippen LogP contribution in [0.3, 0.4) is 0 Å². The Morgan fingerprint density at radius 3 is 2.76 bits per heavy atom. The van der Waals surface area contributed by atoms with E-state index in [1.807, 2.05) is 29.0 Å². The van der Waals surface area contributed by atoms with Crippen molar-refractivity contribution in [2.45, 2.75) is 49.6 Å². The van der Waals surface area contributed by atoms with Crippen molar-refractivity contribution in [1.29, 1.82) is 0 Å². The number of ether oxygens (including phenoxy) is 1. The molecule has 3 N–H and O–H groups in total. The molecule has 0 amide bonds. The molecule has 5 atom stereocenters. The molecule has 0 aliphatic heterocycles. The summed E-state index contributed by atoms with van der Waals surface area (Å²) in [6, 6.07) is 9.25. The summed E-state index contributed by atoms with van der Waals surface area (Å²) >= 11 is 0. The predicted molar refractivity (Wildman–Crippen MR) is 122 cm³/mol. The van der Waals surface area contributed by atoms with Crippen LogP contribution < -0.4 is 5.32 Å². The maximum absolute atomic E-state index is 11.5.